The van der Waals surface area contributed by atoms with Gasteiger partial charge < -0.3 is 4.74 Å². The zero-order valence-corrected chi connectivity index (χ0v) is 17.2. The van der Waals surface area contributed by atoms with Crippen molar-refractivity contribution < 1.29 is 9.53 Å². The Kier molecular flexibility index (Phi) is 5.36. The summed E-state index contributed by atoms with van der Waals surface area (Å²) in [6, 6.07) is 18.0. The van der Waals surface area contributed by atoms with Crippen molar-refractivity contribution in [3.8, 4) is 0 Å². The van der Waals surface area contributed by atoms with Crippen molar-refractivity contribution >= 4 is 27.4 Å². The number of benzene rings is 2. The Labute approximate surface area is 175 Å². The number of hydrogen-bond acceptors (Lipinski definition) is 5. The lowest BCUT2D eigenvalue weighted by Crippen LogP contribution is -2.52. The Morgan fingerprint density at radius 2 is 1.86 bits per heavy atom. The molecule has 0 saturated carbocycles. The van der Waals surface area contributed by atoms with E-state index in [1.807, 2.05) is 30.3 Å². The van der Waals surface area contributed by atoms with Crippen molar-refractivity contribution in [2.45, 2.75) is 31.5 Å². The highest BCUT2D eigenvalue weighted by Gasteiger charge is 2.38. The van der Waals surface area contributed by atoms with Gasteiger partial charge >= 0.3 is 5.97 Å². The Morgan fingerprint density at radius 1 is 1.10 bits per heavy atom. The molecule has 1 N–H and O–H groups in total. The van der Waals surface area contributed by atoms with Crippen LogP contribution in [-0.4, -0.2) is 36.6 Å². The summed E-state index contributed by atoms with van der Waals surface area (Å²) < 4.78 is 7.31. The van der Waals surface area contributed by atoms with Crippen LogP contribution >= 0.6 is 11.3 Å². The van der Waals surface area contributed by atoms with Gasteiger partial charge in [0.05, 0.1) is 0 Å². The standard InChI is InChI=1S/C24H26N2O2S/c27-24(28-21-15-26-12-10-18(21)11-13-26)23(25-14-17-6-2-1-3-7-17)20-16-29-22-9-5-4-8-19(20)22/h1-9,16,18,21,23,25H,10-15H2/t21-,23?/m0/s1. The second-order valence-electron chi connectivity index (χ2n) is 8.10. The second-order valence-corrected chi connectivity index (χ2v) is 9.01. The third-order valence-electron chi connectivity index (χ3n) is 6.27. The number of piperidine rings is 3. The van der Waals surface area contributed by atoms with Crippen LogP contribution in [-0.2, 0) is 16.1 Å². The average Bonchev–Trinajstić information content (AvgIpc) is 3.19. The molecule has 1 unspecified atom stereocenters. The fourth-order valence-electron chi connectivity index (χ4n) is 4.62. The van der Waals surface area contributed by atoms with Gasteiger partial charge in [-0.2, -0.15) is 0 Å². The van der Waals surface area contributed by atoms with Crippen molar-refractivity contribution in [2.75, 3.05) is 19.6 Å². The molecular formula is C24H26N2O2S. The zero-order chi connectivity index (χ0) is 19.6. The van der Waals surface area contributed by atoms with Gasteiger partial charge in [0.2, 0.25) is 0 Å². The molecule has 2 atom stereocenters. The van der Waals surface area contributed by atoms with Gasteiger partial charge in [-0.05, 0) is 59.8 Å². The maximum atomic E-state index is 13.4. The average molecular weight is 407 g/mol. The largest absolute Gasteiger partial charge is 0.459 e. The number of hydrogen-bond donors (Lipinski definition) is 1. The van der Waals surface area contributed by atoms with Crippen molar-refractivity contribution in [1.29, 1.82) is 0 Å². The SMILES string of the molecule is O=C(O[C@H]1CN2CCC1CC2)C(NCc1ccccc1)c1csc2ccccc12. The van der Waals surface area contributed by atoms with Gasteiger partial charge in [0.25, 0.3) is 0 Å². The van der Waals surface area contributed by atoms with Crippen molar-refractivity contribution in [3.05, 3.63) is 71.1 Å². The molecule has 5 heteroatoms. The first-order valence-electron chi connectivity index (χ1n) is 10.4. The van der Waals surface area contributed by atoms with E-state index in [0.29, 0.717) is 12.5 Å². The lowest BCUT2D eigenvalue weighted by molar-refractivity contribution is -0.161. The summed E-state index contributed by atoms with van der Waals surface area (Å²) in [5.74, 6) is 0.362. The van der Waals surface area contributed by atoms with Crippen LogP contribution in [0.5, 0.6) is 0 Å². The number of ether oxygens (including phenoxy) is 1. The molecule has 0 radical (unpaired) electrons. The fourth-order valence-corrected chi connectivity index (χ4v) is 5.61. The van der Waals surface area contributed by atoms with Crippen LogP contribution in [0.1, 0.15) is 30.0 Å². The van der Waals surface area contributed by atoms with E-state index in [9.17, 15) is 4.79 Å². The van der Waals surface area contributed by atoms with Gasteiger partial charge in [-0.15, -0.1) is 11.3 Å². The number of thiophene rings is 1. The molecule has 2 aromatic carbocycles. The molecule has 3 aromatic rings. The molecule has 0 aliphatic carbocycles. The number of nitrogens with zero attached hydrogens (tertiary/aromatic N) is 1. The van der Waals surface area contributed by atoms with Crippen LogP contribution in [0, 0.1) is 5.92 Å². The number of rotatable bonds is 6. The molecule has 3 fully saturated rings. The van der Waals surface area contributed by atoms with Crippen LogP contribution in [0.25, 0.3) is 10.1 Å². The number of nitrogens with one attached hydrogen (secondary N) is 1. The first kappa shape index (κ1) is 18.8. The molecular weight excluding hydrogens is 380 g/mol. The van der Waals surface area contributed by atoms with E-state index in [2.05, 4.69) is 39.9 Å². The molecule has 4 nitrogen and oxygen atoms in total. The van der Waals surface area contributed by atoms with Crippen LogP contribution in [0.15, 0.2) is 60.0 Å². The summed E-state index contributed by atoms with van der Waals surface area (Å²) in [7, 11) is 0. The normalized spacial score (nSPS) is 24.5. The van der Waals surface area contributed by atoms with Crippen molar-refractivity contribution in [2.24, 2.45) is 5.92 Å². The molecule has 0 amide bonds. The monoisotopic (exact) mass is 406 g/mol. The minimum Gasteiger partial charge on any atom is -0.459 e. The molecule has 0 spiro atoms. The van der Waals surface area contributed by atoms with Crippen LogP contribution in [0.3, 0.4) is 0 Å². The summed E-state index contributed by atoms with van der Waals surface area (Å²) in [5.41, 5.74) is 2.18. The highest BCUT2D eigenvalue weighted by Crippen LogP contribution is 2.34. The van der Waals surface area contributed by atoms with Gasteiger partial charge in [0.15, 0.2) is 0 Å². The summed E-state index contributed by atoms with van der Waals surface area (Å²) in [6.07, 6.45) is 2.30. The van der Waals surface area contributed by atoms with Gasteiger partial charge in [-0.1, -0.05) is 48.5 Å². The van der Waals surface area contributed by atoms with E-state index >= 15 is 0 Å². The quantitative estimate of drug-likeness (QED) is 0.617. The van der Waals surface area contributed by atoms with Crippen LogP contribution in [0.4, 0.5) is 0 Å². The van der Waals surface area contributed by atoms with Crippen LogP contribution < -0.4 is 5.32 Å². The molecule has 3 aliphatic rings. The zero-order valence-electron chi connectivity index (χ0n) is 16.4. The Balaban J connectivity index is 1.39. The van der Waals surface area contributed by atoms with E-state index in [0.717, 1.165) is 49.0 Å². The predicted octanol–water partition coefficient (Wildman–Crippen LogP) is 4.37. The predicted molar refractivity (Wildman–Crippen MR) is 117 cm³/mol. The Bertz CT molecular complexity index is 979. The maximum Gasteiger partial charge on any atom is 0.328 e. The minimum atomic E-state index is -0.457. The molecule has 150 valence electrons. The van der Waals surface area contributed by atoms with Crippen molar-refractivity contribution in [1.82, 2.24) is 10.2 Å². The van der Waals surface area contributed by atoms with Gasteiger partial charge in [-0.3, -0.25) is 10.2 Å². The third-order valence-corrected chi connectivity index (χ3v) is 7.26. The topological polar surface area (TPSA) is 41.6 Å². The highest BCUT2D eigenvalue weighted by atomic mass is 32.1. The highest BCUT2D eigenvalue weighted by molar-refractivity contribution is 7.17. The van der Waals surface area contributed by atoms with Gasteiger partial charge in [0, 0.05) is 17.8 Å². The fraction of sp³-hybridized carbons (Fsp3) is 0.375. The molecule has 2 bridgehead atoms. The van der Waals surface area contributed by atoms with Crippen molar-refractivity contribution in [3.63, 3.8) is 0 Å². The molecule has 1 aromatic heterocycles. The van der Waals surface area contributed by atoms with Gasteiger partial charge in [-0.25, -0.2) is 4.79 Å². The van der Waals surface area contributed by atoms with Gasteiger partial charge in [0.1, 0.15) is 12.1 Å². The van der Waals surface area contributed by atoms with E-state index in [1.54, 1.807) is 11.3 Å². The molecule has 29 heavy (non-hydrogen) atoms. The number of fused-ring (bicyclic) bond motifs is 4. The van der Waals surface area contributed by atoms with E-state index in [-0.39, 0.29) is 12.1 Å². The Hall–Kier alpha value is -2.21. The summed E-state index contributed by atoms with van der Waals surface area (Å²) in [5, 5.41) is 6.72. The first-order chi connectivity index (χ1) is 14.3. The number of esters is 1. The first-order valence-corrected chi connectivity index (χ1v) is 11.3. The van der Waals surface area contributed by atoms with E-state index in [4.69, 9.17) is 4.74 Å². The molecule has 3 saturated heterocycles. The molecule has 3 aliphatic heterocycles. The Morgan fingerprint density at radius 3 is 2.62 bits per heavy atom. The lowest BCUT2D eigenvalue weighted by Gasteiger charge is -2.44. The maximum absolute atomic E-state index is 13.4. The molecule has 6 rings (SSSR count). The lowest BCUT2D eigenvalue weighted by atomic mass is 9.86. The smallest absolute Gasteiger partial charge is 0.328 e. The van der Waals surface area contributed by atoms with Crippen LogP contribution in [0.2, 0.25) is 0 Å². The van der Waals surface area contributed by atoms with E-state index < -0.39 is 6.04 Å². The summed E-state index contributed by atoms with van der Waals surface area (Å²) in [4.78, 5) is 15.8. The number of carbonyl (C=O) groups is 1. The summed E-state index contributed by atoms with van der Waals surface area (Å²) in [6.45, 7) is 3.80. The second kappa shape index (κ2) is 8.27. The van der Waals surface area contributed by atoms with E-state index in [1.165, 1.54) is 4.70 Å². The third kappa shape index (κ3) is 3.95. The minimum absolute atomic E-state index is 0.0240. The summed E-state index contributed by atoms with van der Waals surface area (Å²) >= 11 is 1.68. The number of carbonyl (C=O) groups excluding carboxylic acids is 1. The molecule has 4 heterocycles.